The summed E-state index contributed by atoms with van der Waals surface area (Å²) in [4.78, 5) is 23.4. The summed E-state index contributed by atoms with van der Waals surface area (Å²) in [6.07, 6.45) is 3.47. The minimum Gasteiger partial charge on any atom is -0.479 e. The van der Waals surface area contributed by atoms with Crippen molar-refractivity contribution in [2.45, 2.75) is 43.7 Å². The number of carboxylic acids is 1. The van der Waals surface area contributed by atoms with Crippen molar-refractivity contribution in [3.63, 3.8) is 0 Å². The highest BCUT2D eigenvalue weighted by atomic mass is 16.5. The first-order chi connectivity index (χ1) is 8.53. The standard InChI is InChI=1S/C12H20N2O4/c13-9-3-1-8(2-4-9)10(15)14-12(11(16)17)5-6-18-7-12/h8-9H,1-7,13H2,(H,14,15)(H,16,17). The Labute approximate surface area is 106 Å². The molecule has 2 rings (SSSR count). The molecule has 6 heteroatoms. The van der Waals surface area contributed by atoms with Crippen molar-refractivity contribution in [1.82, 2.24) is 5.32 Å². The Balaban J connectivity index is 1.95. The van der Waals surface area contributed by atoms with Crippen LogP contribution in [0.1, 0.15) is 32.1 Å². The predicted molar refractivity (Wildman–Crippen MR) is 63.9 cm³/mol. The molecule has 18 heavy (non-hydrogen) atoms. The van der Waals surface area contributed by atoms with E-state index in [2.05, 4.69) is 5.32 Å². The van der Waals surface area contributed by atoms with Gasteiger partial charge in [-0.1, -0.05) is 0 Å². The summed E-state index contributed by atoms with van der Waals surface area (Å²) < 4.78 is 5.11. The molecule has 0 bridgehead atoms. The van der Waals surface area contributed by atoms with Crippen LogP contribution in [0, 0.1) is 5.92 Å². The molecule has 4 N–H and O–H groups in total. The summed E-state index contributed by atoms with van der Waals surface area (Å²) in [6, 6.07) is 0.178. The molecule has 1 unspecified atom stereocenters. The number of hydrogen-bond acceptors (Lipinski definition) is 4. The lowest BCUT2D eigenvalue weighted by atomic mass is 9.85. The van der Waals surface area contributed by atoms with E-state index in [1.165, 1.54) is 0 Å². The molecule has 2 fully saturated rings. The monoisotopic (exact) mass is 256 g/mol. The van der Waals surface area contributed by atoms with E-state index < -0.39 is 11.5 Å². The molecule has 0 aromatic rings. The van der Waals surface area contributed by atoms with E-state index >= 15 is 0 Å². The lowest BCUT2D eigenvalue weighted by molar-refractivity contribution is -0.148. The highest BCUT2D eigenvalue weighted by Gasteiger charge is 2.45. The normalized spacial score (nSPS) is 36.3. The molecule has 0 aromatic carbocycles. The van der Waals surface area contributed by atoms with Gasteiger partial charge in [0.25, 0.3) is 0 Å². The van der Waals surface area contributed by atoms with Gasteiger partial charge in [-0.25, -0.2) is 4.79 Å². The van der Waals surface area contributed by atoms with Gasteiger partial charge in [0, 0.05) is 25.0 Å². The number of nitrogens with one attached hydrogen (secondary N) is 1. The molecule has 0 spiro atoms. The first-order valence-corrected chi connectivity index (χ1v) is 6.42. The van der Waals surface area contributed by atoms with Gasteiger partial charge in [-0.05, 0) is 25.7 Å². The largest absolute Gasteiger partial charge is 0.479 e. The Morgan fingerprint density at radius 3 is 2.44 bits per heavy atom. The SMILES string of the molecule is NC1CCC(C(=O)NC2(C(=O)O)CCOC2)CC1. The summed E-state index contributed by atoms with van der Waals surface area (Å²) >= 11 is 0. The van der Waals surface area contributed by atoms with Crippen molar-refractivity contribution in [1.29, 1.82) is 0 Å². The van der Waals surface area contributed by atoms with Gasteiger partial charge in [-0.2, -0.15) is 0 Å². The molecular formula is C12H20N2O4. The molecule has 2 aliphatic rings. The topological polar surface area (TPSA) is 102 Å². The van der Waals surface area contributed by atoms with Crippen LogP contribution in [-0.2, 0) is 14.3 Å². The van der Waals surface area contributed by atoms with Gasteiger partial charge in [-0.3, -0.25) is 4.79 Å². The number of carbonyl (C=O) groups is 2. The molecule has 0 radical (unpaired) electrons. The van der Waals surface area contributed by atoms with Crippen LogP contribution in [0.3, 0.4) is 0 Å². The van der Waals surface area contributed by atoms with Gasteiger partial charge < -0.3 is 20.9 Å². The van der Waals surface area contributed by atoms with Crippen LogP contribution in [0.25, 0.3) is 0 Å². The van der Waals surface area contributed by atoms with Crippen molar-refractivity contribution in [2.24, 2.45) is 11.7 Å². The molecule has 6 nitrogen and oxygen atoms in total. The number of hydrogen-bond donors (Lipinski definition) is 3. The highest BCUT2D eigenvalue weighted by molar-refractivity contribution is 5.88. The Kier molecular flexibility index (Phi) is 3.87. The quantitative estimate of drug-likeness (QED) is 0.652. The summed E-state index contributed by atoms with van der Waals surface area (Å²) in [7, 11) is 0. The van der Waals surface area contributed by atoms with Crippen molar-refractivity contribution < 1.29 is 19.4 Å². The minimum absolute atomic E-state index is 0.0559. The number of rotatable bonds is 3. The second kappa shape index (κ2) is 5.24. The van der Waals surface area contributed by atoms with Crippen molar-refractivity contribution in [2.75, 3.05) is 13.2 Å². The highest BCUT2D eigenvalue weighted by Crippen LogP contribution is 2.26. The van der Waals surface area contributed by atoms with Crippen LogP contribution < -0.4 is 11.1 Å². The fraction of sp³-hybridized carbons (Fsp3) is 0.833. The fourth-order valence-electron chi connectivity index (χ4n) is 2.60. The summed E-state index contributed by atoms with van der Waals surface area (Å²) in [5.41, 5.74) is 4.56. The van der Waals surface area contributed by atoms with Crippen LogP contribution in [0.2, 0.25) is 0 Å². The van der Waals surface area contributed by atoms with Crippen molar-refractivity contribution >= 4 is 11.9 Å². The molecule has 1 heterocycles. The zero-order valence-electron chi connectivity index (χ0n) is 10.4. The third-order valence-corrected chi connectivity index (χ3v) is 3.94. The summed E-state index contributed by atoms with van der Waals surface area (Å²) in [6.45, 7) is 0.433. The maximum Gasteiger partial charge on any atom is 0.331 e. The maximum atomic E-state index is 12.1. The van der Waals surface area contributed by atoms with Crippen LogP contribution in [0.5, 0.6) is 0 Å². The molecule has 1 aliphatic carbocycles. The maximum absolute atomic E-state index is 12.1. The Bertz CT molecular complexity index is 331. The molecule has 1 saturated heterocycles. The Hall–Kier alpha value is -1.14. The van der Waals surface area contributed by atoms with E-state index in [9.17, 15) is 14.7 Å². The number of aliphatic carboxylic acids is 1. The number of ether oxygens (including phenoxy) is 1. The minimum atomic E-state index is -1.23. The predicted octanol–water partition coefficient (Wildman–Crippen LogP) is -0.136. The zero-order valence-corrected chi connectivity index (χ0v) is 10.4. The number of amides is 1. The first kappa shape index (κ1) is 13.3. The van der Waals surface area contributed by atoms with Crippen LogP contribution in [0.4, 0.5) is 0 Å². The lowest BCUT2D eigenvalue weighted by Crippen LogP contribution is -2.56. The average Bonchev–Trinajstić information content (AvgIpc) is 2.79. The third-order valence-electron chi connectivity index (χ3n) is 3.94. The first-order valence-electron chi connectivity index (χ1n) is 6.42. The molecular weight excluding hydrogens is 236 g/mol. The van der Waals surface area contributed by atoms with Gasteiger partial charge in [0.15, 0.2) is 5.54 Å². The lowest BCUT2D eigenvalue weighted by Gasteiger charge is -2.29. The summed E-state index contributed by atoms with van der Waals surface area (Å²) in [5.74, 6) is -1.29. The second-order valence-electron chi connectivity index (χ2n) is 5.29. The number of carboxylic acid groups (broad SMARTS) is 1. The molecule has 102 valence electrons. The van der Waals surface area contributed by atoms with Gasteiger partial charge in [0.05, 0.1) is 6.61 Å². The van der Waals surface area contributed by atoms with E-state index in [-0.39, 0.29) is 24.5 Å². The zero-order chi connectivity index (χ0) is 13.2. The van der Waals surface area contributed by atoms with Crippen LogP contribution in [-0.4, -0.2) is 41.8 Å². The van der Waals surface area contributed by atoms with Gasteiger partial charge >= 0.3 is 5.97 Å². The molecule has 0 aromatic heterocycles. The van der Waals surface area contributed by atoms with E-state index in [0.29, 0.717) is 13.0 Å². The molecule has 1 amide bonds. The van der Waals surface area contributed by atoms with Crippen LogP contribution in [0.15, 0.2) is 0 Å². The Morgan fingerprint density at radius 1 is 1.28 bits per heavy atom. The fourth-order valence-corrected chi connectivity index (χ4v) is 2.60. The molecule has 1 atom stereocenters. The third kappa shape index (κ3) is 2.64. The van der Waals surface area contributed by atoms with Gasteiger partial charge in [0.1, 0.15) is 0 Å². The van der Waals surface area contributed by atoms with Gasteiger partial charge in [-0.15, -0.1) is 0 Å². The Morgan fingerprint density at radius 2 is 1.94 bits per heavy atom. The molecule has 1 aliphatic heterocycles. The van der Waals surface area contributed by atoms with E-state index in [1.807, 2.05) is 0 Å². The average molecular weight is 256 g/mol. The van der Waals surface area contributed by atoms with E-state index in [0.717, 1.165) is 25.7 Å². The van der Waals surface area contributed by atoms with Crippen molar-refractivity contribution in [3.8, 4) is 0 Å². The molecule has 1 saturated carbocycles. The van der Waals surface area contributed by atoms with Crippen molar-refractivity contribution in [3.05, 3.63) is 0 Å². The van der Waals surface area contributed by atoms with E-state index in [1.54, 1.807) is 0 Å². The van der Waals surface area contributed by atoms with Gasteiger partial charge in [0.2, 0.25) is 5.91 Å². The summed E-state index contributed by atoms with van der Waals surface area (Å²) in [5, 5.41) is 11.9. The van der Waals surface area contributed by atoms with E-state index in [4.69, 9.17) is 10.5 Å². The number of carbonyl (C=O) groups excluding carboxylic acids is 1. The van der Waals surface area contributed by atoms with Crippen LogP contribution >= 0.6 is 0 Å². The number of nitrogens with two attached hydrogens (primary N) is 1. The second-order valence-corrected chi connectivity index (χ2v) is 5.29. The smallest absolute Gasteiger partial charge is 0.331 e.